The standard InChI is InChI=1S/C9H7NO3S/c11-9(12)7-5-6-3-1-2-4-8(6)14-10(7)13/h1-5,13H,(H,11,12). The number of fused-ring (bicyclic) bond motifs is 1. The molecule has 0 bridgehead atoms. The number of carbonyl (C=O) groups is 1. The number of aliphatic carboxylic acids is 1. The summed E-state index contributed by atoms with van der Waals surface area (Å²) in [6, 6.07) is 7.28. The number of hydroxylamine groups is 1. The van der Waals surface area contributed by atoms with Gasteiger partial charge in [0.05, 0.1) is 0 Å². The number of hydrogen-bond donors (Lipinski definition) is 2. The first-order valence-electron chi connectivity index (χ1n) is 3.89. The fourth-order valence-corrected chi connectivity index (χ4v) is 1.96. The van der Waals surface area contributed by atoms with Crippen LogP contribution in [0, 0.1) is 0 Å². The molecule has 5 heteroatoms. The fraction of sp³-hybridized carbons (Fsp3) is 0. The maximum atomic E-state index is 10.7. The summed E-state index contributed by atoms with van der Waals surface area (Å²) in [4.78, 5) is 11.5. The van der Waals surface area contributed by atoms with Crippen LogP contribution in [0.1, 0.15) is 5.56 Å². The molecule has 1 aliphatic heterocycles. The number of carboxylic acids is 1. The summed E-state index contributed by atoms with van der Waals surface area (Å²) >= 11 is 0.988. The third-order valence-corrected chi connectivity index (χ3v) is 2.76. The van der Waals surface area contributed by atoms with Gasteiger partial charge in [0, 0.05) is 16.8 Å². The lowest BCUT2D eigenvalue weighted by Gasteiger charge is -2.21. The van der Waals surface area contributed by atoms with Crippen molar-refractivity contribution in [2.75, 3.05) is 0 Å². The quantitative estimate of drug-likeness (QED) is 0.691. The molecule has 0 unspecified atom stereocenters. The van der Waals surface area contributed by atoms with Crippen molar-refractivity contribution in [2.24, 2.45) is 0 Å². The molecule has 0 aromatic heterocycles. The van der Waals surface area contributed by atoms with Gasteiger partial charge in [0.2, 0.25) is 0 Å². The van der Waals surface area contributed by atoms with E-state index in [4.69, 9.17) is 5.11 Å². The second kappa shape index (κ2) is 3.36. The molecule has 1 aromatic carbocycles. The van der Waals surface area contributed by atoms with E-state index >= 15 is 0 Å². The normalized spacial score (nSPS) is 14.6. The van der Waals surface area contributed by atoms with Gasteiger partial charge >= 0.3 is 5.97 Å². The SMILES string of the molecule is O=C(O)C1=Cc2ccccc2SN1O. The van der Waals surface area contributed by atoms with Crippen molar-refractivity contribution in [3.8, 4) is 0 Å². The average Bonchev–Trinajstić information content (AvgIpc) is 2.16. The van der Waals surface area contributed by atoms with Crippen LogP contribution in [-0.4, -0.2) is 20.8 Å². The second-order valence-electron chi connectivity index (χ2n) is 2.74. The molecule has 72 valence electrons. The molecular formula is C9H7NO3S. The smallest absolute Gasteiger partial charge is 0.355 e. The molecule has 0 radical (unpaired) electrons. The highest BCUT2D eigenvalue weighted by Gasteiger charge is 2.22. The summed E-state index contributed by atoms with van der Waals surface area (Å²) in [6.07, 6.45) is 1.44. The molecule has 0 atom stereocenters. The van der Waals surface area contributed by atoms with E-state index in [1.165, 1.54) is 6.08 Å². The fourth-order valence-electron chi connectivity index (χ4n) is 1.17. The summed E-state index contributed by atoms with van der Waals surface area (Å²) in [5.74, 6) is -1.14. The van der Waals surface area contributed by atoms with Gasteiger partial charge in [0.1, 0.15) is 0 Å². The van der Waals surface area contributed by atoms with Gasteiger partial charge in [0.25, 0.3) is 0 Å². The Hall–Kier alpha value is -1.46. The highest BCUT2D eigenvalue weighted by Crippen LogP contribution is 2.34. The zero-order valence-electron chi connectivity index (χ0n) is 7.04. The van der Waals surface area contributed by atoms with Crippen LogP contribution in [0.25, 0.3) is 6.08 Å². The Morgan fingerprint density at radius 3 is 2.79 bits per heavy atom. The zero-order chi connectivity index (χ0) is 10.1. The van der Waals surface area contributed by atoms with Crippen molar-refractivity contribution in [1.29, 1.82) is 0 Å². The van der Waals surface area contributed by atoms with Crippen LogP contribution < -0.4 is 0 Å². The van der Waals surface area contributed by atoms with Crippen molar-refractivity contribution in [2.45, 2.75) is 4.90 Å². The highest BCUT2D eigenvalue weighted by molar-refractivity contribution is 7.97. The van der Waals surface area contributed by atoms with E-state index in [1.54, 1.807) is 6.07 Å². The molecule has 0 amide bonds. The molecule has 4 nitrogen and oxygen atoms in total. The van der Waals surface area contributed by atoms with E-state index < -0.39 is 5.97 Å². The van der Waals surface area contributed by atoms with Crippen molar-refractivity contribution < 1.29 is 15.1 Å². The lowest BCUT2D eigenvalue weighted by Crippen LogP contribution is -2.19. The van der Waals surface area contributed by atoms with Crippen molar-refractivity contribution in [1.82, 2.24) is 4.47 Å². The van der Waals surface area contributed by atoms with Crippen molar-refractivity contribution in [3.63, 3.8) is 0 Å². The van der Waals surface area contributed by atoms with Crippen LogP contribution in [0.4, 0.5) is 0 Å². The molecule has 0 saturated carbocycles. The van der Waals surface area contributed by atoms with E-state index in [0.717, 1.165) is 22.4 Å². The second-order valence-corrected chi connectivity index (χ2v) is 3.71. The summed E-state index contributed by atoms with van der Waals surface area (Å²) < 4.78 is 0.657. The third kappa shape index (κ3) is 1.47. The molecule has 0 spiro atoms. The van der Waals surface area contributed by atoms with Gasteiger partial charge in [-0.15, -0.1) is 0 Å². The highest BCUT2D eigenvalue weighted by atomic mass is 32.2. The Morgan fingerprint density at radius 2 is 2.07 bits per heavy atom. The Balaban J connectivity index is 2.49. The molecule has 14 heavy (non-hydrogen) atoms. The minimum atomic E-state index is -1.14. The van der Waals surface area contributed by atoms with Crippen LogP contribution in [-0.2, 0) is 4.79 Å². The van der Waals surface area contributed by atoms with Crippen LogP contribution >= 0.6 is 11.9 Å². The monoisotopic (exact) mass is 209 g/mol. The van der Waals surface area contributed by atoms with E-state index in [2.05, 4.69) is 0 Å². The number of hydrogen-bond acceptors (Lipinski definition) is 4. The molecule has 2 rings (SSSR count). The summed E-state index contributed by atoms with van der Waals surface area (Å²) in [5, 5.41) is 18.1. The van der Waals surface area contributed by atoms with E-state index in [-0.39, 0.29) is 5.70 Å². The summed E-state index contributed by atoms with van der Waals surface area (Å²) in [5.41, 5.74) is 0.675. The number of nitrogens with zero attached hydrogens (tertiary/aromatic N) is 1. The molecule has 0 saturated heterocycles. The minimum Gasteiger partial charge on any atom is -0.476 e. The number of carboxylic acid groups (broad SMARTS) is 1. The molecular weight excluding hydrogens is 202 g/mol. The Bertz CT molecular complexity index is 416. The van der Waals surface area contributed by atoms with Crippen molar-refractivity contribution >= 4 is 24.0 Å². The van der Waals surface area contributed by atoms with Crippen molar-refractivity contribution in [3.05, 3.63) is 35.5 Å². The van der Waals surface area contributed by atoms with Gasteiger partial charge < -0.3 is 5.11 Å². The first-order valence-corrected chi connectivity index (χ1v) is 4.67. The van der Waals surface area contributed by atoms with E-state index in [1.807, 2.05) is 18.2 Å². The topological polar surface area (TPSA) is 60.8 Å². The number of rotatable bonds is 1. The molecule has 1 heterocycles. The Labute approximate surface area is 84.6 Å². The molecule has 1 aliphatic rings. The van der Waals surface area contributed by atoms with E-state index in [9.17, 15) is 10.0 Å². The van der Waals surface area contributed by atoms with Crippen LogP contribution in [0.3, 0.4) is 0 Å². The predicted molar refractivity (Wildman–Crippen MR) is 51.5 cm³/mol. The minimum absolute atomic E-state index is 0.131. The first-order chi connectivity index (χ1) is 6.68. The van der Waals surface area contributed by atoms with Gasteiger partial charge in [0.15, 0.2) is 5.70 Å². The van der Waals surface area contributed by atoms with Crippen LogP contribution in [0.2, 0.25) is 0 Å². The summed E-state index contributed by atoms with van der Waals surface area (Å²) in [6.45, 7) is 0. The zero-order valence-corrected chi connectivity index (χ0v) is 7.86. The van der Waals surface area contributed by atoms with Gasteiger partial charge in [-0.2, -0.15) is 4.47 Å². The Kier molecular flexibility index (Phi) is 2.18. The maximum Gasteiger partial charge on any atom is 0.355 e. The summed E-state index contributed by atoms with van der Waals surface area (Å²) in [7, 11) is 0. The maximum absolute atomic E-state index is 10.7. The molecule has 0 aliphatic carbocycles. The molecule has 1 aromatic rings. The average molecular weight is 209 g/mol. The third-order valence-electron chi connectivity index (χ3n) is 1.82. The van der Waals surface area contributed by atoms with Crippen LogP contribution in [0.5, 0.6) is 0 Å². The lowest BCUT2D eigenvalue weighted by molar-refractivity contribution is -0.136. The van der Waals surface area contributed by atoms with E-state index in [0.29, 0.717) is 4.47 Å². The predicted octanol–water partition coefficient (Wildman–Crippen LogP) is 1.82. The number of benzene rings is 1. The van der Waals surface area contributed by atoms with Gasteiger partial charge in [-0.3, -0.25) is 5.21 Å². The van der Waals surface area contributed by atoms with Gasteiger partial charge in [-0.1, -0.05) is 18.2 Å². The van der Waals surface area contributed by atoms with Crippen LogP contribution in [0.15, 0.2) is 34.9 Å². The largest absolute Gasteiger partial charge is 0.476 e. The van der Waals surface area contributed by atoms with Gasteiger partial charge in [-0.25, -0.2) is 4.79 Å². The Morgan fingerprint density at radius 1 is 1.36 bits per heavy atom. The molecule has 2 N–H and O–H groups in total. The first kappa shape index (κ1) is 9.11. The molecule has 0 fully saturated rings. The lowest BCUT2D eigenvalue weighted by atomic mass is 10.2. The van der Waals surface area contributed by atoms with Gasteiger partial charge in [-0.05, 0) is 17.7 Å².